The molecule has 0 amide bonds. The largest absolute Gasteiger partial charge is 0.399 e. The third-order valence-electron chi connectivity index (χ3n) is 2.73. The number of halogens is 2. The fourth-order valence-electron chi connectivity index (χ4n) is 1.70. The number of hydrogen-bond acceptors (Lipinski definition) is 4. The summed E-state index contributed by atoms with van der Waals surface area (Å²) in [5, 5.41) is 0. The van der Waals surface area contributed by atoms with Crippen LogP contribution in [0.4, 0.5) is 11.4 Å². The molecule has 0 bridgehead atoms. The van der Waals surface area contributed by atoms with E-state index < -0.39 is 10.0 Å². The van der Waals surface area contributed by atoms with Gasteiger partial charge in [0.25, 0.3) is 0 Å². The summed E-state index contributed by atoms with van der Waals surface area (Å²) in [6, 6.07) is 6.88. The molecule has 0 radical (unpaired) electrons. The van der Waals surface area contributed by atoms with E-state index in [0.29, 0.717) is 26.7 Å². The van der Waals surface area contributed by atoms with Crippen LogP contribution in [0.25, 0.3) is 0 Å². The van der Waals surface area contributed by atoms with E-state index >= 15 is 0 Å². The molecule has 1 aromatic carbocycles. The number of anilines is 2. The number of nitrogens with zero attached hydrogens (tertiary/aromatic N) is 1. The molecule has 0 spiro atoms. The molecular formula is C13H13Br2N3O2S. The minimum absolute atomic E-state index is 0.0136. The summed E-state index contributed by atoms with van der Waals surface area (Å²) >= 11 is 6.60. The maximum absolute atomic E-state index is 12.2. The van der Waals surface area contributed by atoms with E-state index in [-0.39, 0.29) is 5.75 Å². The first kappa shape index (κ1) is 16.3. The molecule has 1 heterocycles. The van der Waals surface area contributed by atoms with Gasteiger partial charge in [-0.05, 0) is 68.1 Å². The summed E-state index contributed by atoms with van der Waals surface area (Å²) in [4.78, 5) is 3.90. The monoisotopic (exact) mass is 433 g/mol. The minimum atomic E-state index is -3.46. The van der Waals surface area contributed by atoms with Gasteiger partial charge >= 0.3 is 0 Å². The van der Waals surface area contributed by atoms with E-state index in [1.54, 1.807) is 36.7 Å². The van der Waals surface area contributed by atoms with Crippen LogP contribution in [0.3, 0.4) is 0 Å². The Labute approximate surface area is 140 Å². The molecule has 0 saturated heterocycles. The predicted molar refractivity (Wildman–Crippen MR) is 91.6 cm³/mol. The maximum Gasteiger partial charge on any atom is 0.233 e. The Morgan fingerprint density at radius 3 is 2.29 bits per heavy atom. The molecule has 0 aliphatic rings. The summed E-state index contributed by atoms with van der Waals surface area (Å²) in [6.45, 7) is 0. The predicted octanol–water partition coefficient (Wildman–Crippen LogP) is 3.17. The van der Waals surface area contributed by atoms with Crippen LogP contribution >= 0.6 is 31.9 Å². The van der Waals surface area contributed by atoms with Crippen molar-refractivity contribution in [3.8, 4) is 0 Å². The highest BCUT2D eigenvalue weighted by molar-refractivity contribution is 9.11. The number of aryl methyl sites for hydroxylation is 1. The van der Waals surface area contributed by atoms with Crippen molar-refractivity contribution in [2.75, 3.05) is 16.2 Å². The van der Waals surface area contributed by atoms with Gasteiger partial charge in [0, 0.05) is 27.0 Å². The average molecular weight is 435 g/mol. The Morgan fingerprint density at radius 2 is 1.71 bits per heavy atom. The molecule has 5 nitrogen and oxygen atoms in total. The van der Waals surface area contributed by atoms with E-state index in [9.17, 15) is 8.42 Å². The average Bonchev–Trinajstić information content (AvgIpc) is 2.42. The third kappa shape index (κ3) is 4.69. The van der Waals surface area contributed by atoms with Crippen molar-refractivity contribution in [2.24, 2.45) is 0 Å². The number of nitrogens with two attached hydrogens (primary N) is 1. The van der Waals surface area contributed by atoms with Crippen LogP contribution in [0.2, 0.25) is 0 Å². The SMILES string of the molecule is Nc1cc(Br)c(NS(=O)(=O)CCc2ccncc2)c(Br)c1. The molecule has 21 heavy (non-hydrogen) atoms. The zero-order valence-corrected chi connectivity index (χ0v) is 14.9. The van der Waals surface area contributed by atoms with Gasteiger partial charge in [-0.25, -0.2) is 8.42 Å². The second-order valence-electron chi connectivity index (χ2n) is 4.39. The van der Waals surface area contributed by atoms with E-state index in [2.05, 4.69) is 41.6 Å². The first-order chi connectivity index (χ1) is 9.87. The quantitative estimate of drug-likeness (QED) is 0.707. The summed E-state index contributed by atoms with van der Waals surface area (Å²) in [7, 11) is -3.46. The van der Waals surface area contributed by atoms with Gasteiger partial charge in [0.15, 0.2) is 0 Å². The van der Waals surface area contributed by atoms with E-state index in [1.165, 1.54) is 0 Å². The Balaban J connectivity index is 2.11. The summed E-state index contributed by atoms with van der Waals surface area (Å²) in [5.74, 6) is -0.0136. The third-order valence-corrected chi connectivity index (χ3v) is 5.24. The van der Waals surface area contributed by atoms with E-state index in [1.807, 2.05) is 0 Å². The van der Waals surface area contributed by atoms with Gasteiger partial charge < -0.3 is 5.73 Å². The molecular weight excluding hydrogens is 422 g/mol. The lowest BCUT2D eigenvalue weighted by atomic mass is 10.2. The van der Waals surface area contributed by atoms with Gasteiger partial charge in [-0.15, -0.1) is 0 Å². The fraction of sp³-hybridized carbons (Fsp3) is 0.154. The van der Waals surface area contributed by atoms with Gasteiger partial charge in [-0.3, -0.25) is 9.71 Å². The molecule has 1 aromatic heterocycles. The van der Waals surface area contributed by atoms with Crippen molar-refractivity contribution in [2.45, 2.75) is 6.42 Å². The van der Waals surface area contributed by atoms with Crippen LogP contribution in [0, 0.1) is 0 Å². The standard InChI is InChI=1S/C13H13Br2N3O2S/c14-11-7-10(16)8-12(15)13(11)18-21(19,20)6-3-9-1-4-17-5-2-9/h1-2,4-5,7-8,18H,3,6,16H2. The van der Waals surface area contributed by atoms with Crippen LogP contribution in [-0.2, 0) is 16.4 Å². The Bertz CT molecular complexity index is 713. The molecule has 8 heteroatoms. The van der Waals surface area contributed by atoms with Crippen molar-refractivity contribution in [1.82, 2.24) is 4.98 Å². The molecule has 2 rings (SSSR count). The second kappa shape index (κ2) is 6.76. The molecule has 0 unspecified atom stereocenters. The highest BCUT2D eigenvalue weighted by Gasteiger charge is 2.15. The lowest BCUT2D eigenvalue weighted by molar-refractivity contribution is 0.600. The summed E-state index contributed by atoms with van der Waals surface area (Å²) < 4.78 is 28.1. The maximum atomic E-state index is 12.2. The van der Waals surface area contributed by atoms with Crippen LogP contribution in [0.5, 0.6) is 0 Å². The van der Waals surface area contributed by atoms with Gasteiger partial charge in [0.2, 0.25) is 10.0 Å². The lowest BCUT2D eigenvalue weighted by Gasteiger charge is -2.12. The molecule has 0 saturated carbocycles. The Morgan fingerprint density at radius 1 is 1.14 bits per heavy atom. The van der Waals surface area contributed by atoms with E-state index in [0.717, 1.165) is 5.56 Å². The number of nitrogens with one attached hydrogen (secondary N) is 1. The zero-order valence-electron chi connectivity index (χ0n) is 10.9. The summed E-state index contributed by atoms with van der Waals surface area (Å²) in [5.41, 5.74) is 7.58. The number of nitrogen functional groups attached to an aromatic ring is 1. The zero-order chi connectivity index (χ0) is 15.5. The first-order valence-electron chi connectivity index (χ1n) is 6.01. The normalized spacial score (nSPS) is 11.3. The minimum Gasteiger partial charge on any atom is -0.399 e. The molecule has 0 atom stereocenters. The van der Waals surface area contributed by atoms with Crippen LogP contribution < -0.4 is 10.5 Å². The molecule has 3 N–H and O–H groups in total. The molecule has 2 aromatic rings. The van der Waals surface area contributed by atoms with Crippen molar-refractivity contribution in [1.29, 1.82) is 0 Å². The lowest BCUT2D eigenvalue weighted by Crippen LogP contribution is -2.19. The van der Waals surface area contributed by atoms with E-state index in [4.69, 9.17) is 5.73 Å². The van der Waals surface area contributed by atoms with Gasteiger partial charge in [-0.1, -0.05) is 0 Å². The Hall–Kier alpha value is -1.12. The van der Waals surface area contributed by atoms with Gasteiger partial charge in [0.05, 0.1) is 11.4 Å². The molecule has 0 aliphatic heterocycles. The van der Waals surface area contributed by atoms with Crippen molar-refractivity contribution in [3.63, 3.8) is 0 Å². The Kier molecular flexibility index (Phi) is 5.23. The van der Waals surface area contributed by atoms with Crippen LogP contribution in [0.15, 0.2) is 45.6 Å². The number of hydrogen-bond donors (Lipinski definition) is 2. The number of rotatable bonds is 5. The van der Waals surface area contributed by atoms with Gasteiger partial charge in [-0.2, -0.15) is 0 Å². The first-order valence-corrected chi connectivity index (χ1v) is 9.25. The highest BCUT2D eigenvalue weighted by atomic mass is 79.9. The second-order valence-corrected chi connectivity index (χ2v) is 7.94. The number of sulfonamides is 1. The molecule has 0 aliphatic carbocycles. The number of aromatic nitrogens is 1. The summed E-state index contributed by atoms with van der Waals surface area (Å²) in [6.07, 6.45) is 3.70. The molecule has 0 fully saturated rings. The van der Waals surface area contributed by atoms with Crippen LogP contribution in [-0.4, -0.2) is 19.2 Å². The highest BCUT2D eigenvalue weighted by Crippen LogP contribution is 2.34. The van der Waals surface area contributed by atoms with Crippen molar-refractivity contribution in [3.05, 3.63) is 51.2 Å². The number of benzene rings is 1. The topological polar surface area (TPSA) is 85.1 Å². The van der Waals surface area contributed by atoms with Crippen molar-refractivity contribution < 1.29 is 8.42 Å². The smallest absolute Gasteiger partial charge is 0.233 e. The van der Waals surface area contributed by atoms with Gasteiger partial charge in [0.1, 0.15) is 0 Å². The van der Waals surface area contributed by atoms with Crippen molar-refractivity contribution >= 4 is 53.3 Å². The molecule has 112 valence electrons. The number of pyridine rings is 1. The fourth-order valence-corrected chi connectivity index (χ4v) is 4.52. The van der Waals surface area contributed by atoms with Crippen LogP contribution in [0.1, 0.15) is 5.56 Å².